The molecule has 3 heteroatoms. The zero-order valence-corrected chi connectivity index (χ0v) is 10.9. The molecule has 17 heavy (non-hydrogen) atoms. The Morgan fingerprint density at radius 1 is 1.35 bits per heavy atom. The largest absolute Gasteiger partial charge is 0.493 e. The second kappa shape index (κ2) is 6.98. The van der Waals surface area contributed by atoms with Crippen LogP contribution in [-0.2, 0) is 0 Å². The number of allylic oxidation sites excluding steroid dienone is 1. The molecule has 0 radical (unpaired) electrons. The topological polar surface area (TPSA) is 33.0 Å². The lowest BCUT2D eigenvalue weighted by atomic mass is 10.1. The first-order valence-electron chi connectivity index (χ1n) is 5.75. The van der Waals surface area contributed by atoms with Crippen molar-refractivity contribution in [2.45, 2.75) is 26.7 Å². The van der Waals surface area contributed by atoms with Gasteiger partial charge in [-0.3, -0.25) is 0 Å². The Kier molecular flexibility index (Phi) is 5.59. The number of para-hydroxylation sites is 1. The summed E-state index contributed by atoms with van der Waals surface area (Å²) in [7, 11) is 0. The fourth-order valence-electron chi connectivity index (χ4n) is 1.56. The zero-order valence-electron chi connectivity index (χ0n) is 10.2. The molecule has 0 saturated carbocycles. The minimum absolute atomic E-state index is 0.499. The van der Waals surface area contributed by atoms with E-state index in [4.69, 9.17) is 21.6 Å². The van der Waals surface area contributed by atoms with Crippen molar-refractivity contribution in [3.05, 3.63) is 35.4 Å². The zero-order chi connectivity index (χ0) is 12.7. The lowest BCUT2D eigenvalue weighted by Crippen LogP contribution is -1.95. The Morgan fingerprint density at radius 2 is 2.06 bits per heavy atom. The molecule has 0 N–H and O–H groups in total. The maximum atomic E-state index is 9.08. The van der Waals surface area contributed by atoms with Crippen molar-refractivity contribution in [1.29, 1.82) is 5.26 Å². The van der Waals surface area contributed by atoms with Crippen molar-refractivity contribution in [1.82, 2.24) is 0 Å². The molecule has 1 aromatic rings. The van der Waals surface area contributed by atoms with Crippen molar-refractivity contribution in [3.63, 3.8) is 0 Å². The molecule has 1 aromatic carbocycles. The van der Waals surface area contributed by atoms with Crippen molar-refractivity contribution in [2.75, 3.05) is 6.61 Å². The molecular weight excluding hydrogens is 234 g/mol. The Balaban J connectivity index is 3.18. The minimum Gasteiger partial charge on any atom is -0.493 e. The van der Waals surface area contributed by atoms with Gasteiger partial charge in [0.1, 0.15) is 5.75 Å². The lowest BCUT2D eigenvalue weighted by Gasteiger charge is -2.10. The molecule has 0 amide bonds. The molecule has 0 unspecified atom stereocenters. The van der Waals surface area contributed by atoms with Gasteiger partial charge in [0.2, 0.25) is 0 Å². The molecule has 0 saturated heterocycles. The van der Waals surface area contributed by atoms with Crippen LogP contribution in [0.15, 0.2) is 29.8 Å². The monoisotopic (exact) mass is 249 g/mol. The quantitative estimate of drug-likeness (QED) is 0.727. The molecule has 0 bridgehead atoms. The highest BCUT2D eigenvalue weighted by molar-refractivity contribution is 6.49. The van der Waals surface area contributed by atoms with E-state index in [1.165, 1.54) is 0 Å². The average molecular weight is 250 g/mol. The average Bonchev–Trinajstić information content (AvgIpc) is 2.36. The van der Waals surface area contributed by atoms with Crippen molar-refractivity contribution in [2.24, 2.45) is 0 Å². The Morgan fingerprint density at radius 3 is 2.65 bits per heavy atom. The second-order valence-corrected chi connectivity index (χ2v) is 3.96. The van der Waals surface area contributed by atoms with Gasteiger partial charge in [0.05, 0.1) is 17.7 Å². The highest BCUT2D eigenvalue weighted by Gasteiger charge is 2.11. The van der Waals surface area contributed by atoms with Crippen LogP contribution in [0.4, 0.5) is 0 Å². The number of halogens is 1. The predicted molar refractivity (Wildman–Crippen MR) is 70.9 cm³/mol. The summed E-state index contributed by atoms with van der Waals surface area (Å²) in [6.07, 6.45) is 1.59. The lowest BCUT2D eigenvalue weighted by molar-refractivity contribution is 0.339. The number of hydrogen-bond acceptors (Lipinski definition) is 2. The number of hydrogen-bond donors (Lipinski definition) is 0. The van der Waals surface area contributed by atoms with E-state index in [1.54, 1.807) is 0 Å². The SMILES string of the molecule is CCCC(C#N)=C(Cl)c1ccccc1OCC. The molecular formula is C14H16ClNO. The third-order valence-electron chi connectivity index (χ3n) is 2.32. The molecule has 0 atom stereocenters. The van der Waals surface area contributed by atoms with Crippen LogP contribution in [0.2, 0.25) is 0 Å². The van der Waals surface area contributed by atoms with Gasteiger partial charge in [-0.2, -0.15) is 5.26 Å². The van der Waals surface area contributed by atoms with Crippen LogP contribution in [-0.4, -0.2) is 6.61 Å². The Hall–Kier alpha value is -1.46. The van der Waals surface area contributed by atoms with Crippen LogP contribution in [0, 0.1) is 11.3 Å². The van der Waals surface area contributed by atoms with E-state index >= 15 is 0 Å². The summed E-state index contributed by atoms with van der Waals surface area (Å²) < 4.78 is 5.50. The van der Waals surface area contributed by atoms with E-state index in [9.17, 15) is 0 Å². The number of benzene rings is 1. The highest BCUT2D eigenvalue weighted by Crippen LogP contribution is 2.32. The van der Waals surface area contributed by atoms with Crippen LogP contribution < -0.4 is 4.74 Å². The van der Waals surface area contributed by atoms with Crippen LogP contribution in [0.3, 0.4) is 0 Å². The number of ether oxygens (including phenoxy) is 1. The van der Waals surface area contributed by atoms with Gasteiger partial charge in [0.25, 0.3) is 0 Å². The Bertz CT molecular complexity index is 446. The molecule has 0 spiro atoms. The molecule has 0 aliphatic rings. The van der Waals surface area contributed by atoms with Gasteiger partial charge >= 0.3 is 0 Å². The summed E-state index contributed by atoms with van der Waals surface area (Å²) in [5.74, 6) is 0.726. The molecule has 0 aliphatic heterocycles. The molecule has 0 heterocycles. The van der Waals surface area contributed by atoms with Gasteiger partial charge in [0, 0.05) is 11.1 Å². The van der Waals surface area contributed by atoms with Crippen molar-refractivity contribution < 1.29 is 4.74 Å². The first-order valence-corrected chi connectivity index (χ1v) is 6.13. The minimum atomic E-state index is 0.499. The van der Waals surface area contributed by atoms with Crippen molar-refractivity contribution >= 4 is 16.6 Å². The first kappa shape index (κ1) is 13.6. The number of nitrogens with zero attached hydrogens (tertiary/aromatic N) is 1. The molecule has 1 rings (SSSR count). The van der Waals surface area contributed by atoms with Gasteiger partial charge in [-0.25, -0.2) is 0 Å². The van der Waals surface area contributed by atoms with Gasteiger partial charge < -0.3 is 4.74 Å². The fraction of sp³-hybridized carbons (Fsp3) is 0.357. The molecule has 0 fully saturated rings. The maximum absolute atomic E-state index is 9.08. The highest BCUT2D eigenvalue weighted by atomic mass is 35.5. The van der Waals surface area contributed by atoms with Crippen LogP contribution in [0.1, 0.15) is 32.3 Å². The summed E-state index contributed by atoms with van der Waals surface area (Å²) in [6.45, 7) is 4.53. The summed E-state index contributed by atoms with van der Waals surface area (Å²) in [4.78, 5) is 0. The molecule has 90 valence electrons. The van der Waals surface area contributed by atoms with Gasteiger partial charge in [-0.05, 0) is 25.5 Å². The summed E-state index contributed by atoms with van der Waals surface area (Å²) in [5, 5.41) is 9.58. The third kappa shape index (κ3) is 3.51. The number of rotatable bonds is 5. The normalized spacial score (nSPS) is 11.6. The van der Waals surface area contributed by atoms with E-state index in [0.29, 0.717) is 23.6 Å². The molecule has 2 nitrogen and oxygen atoms in total. The van der Waals surface area contributed by atoms with Gasteiger partial charge in [0.15, 0.2) is 0 Å². The van der Waals surface area contributed by atoms with Crippen LogP contribution in [0.5, 0.6) is 5.75 Å². The first-order chi connectivity index (χ1) is 8.24. The standard InChI is InChI=1S/C14H16ClNO/c1-3-7-11(10-16)14(15)12-8-5-6-9-13(12)17-4-2/h5-6,8-9H,3-4,7H2,1-2H3. The van der Waals surface area contributed by atoms with E-state index in [-0.39, 0.29) is 0 Å². The van der Waals surface area contributed by atoms with E-state index in [0.717, 1.165) is 17.7 Å². The maximum Gasteiger partial charge on any atom is 0.128 e. The molecule has 0 aliphatic carbocycles. The third-order valence-corrected chi connectivity index (χ3v) is 2.75. The van der Waals surface area contributed by atoms with E-state index < -0.39 is 0 Å². The summed E-state index contributed by atoms with van der Waals surface area (Å²) >= 11 is 6.27. The summed E-state index contributed by atoms with van der Waals surface area (Å²) in [5.41, 5.74) is 1.40. The van der Waals surface area contributed by atoms with E-state index in [2.05, 4.69) is 6.07 Å². The van der Waals surface area contributed by atoms with Gasteiger partial charge in [-0.1, -0.05) is 37.1 Å². The second-order valence-electron chi connectivity index (χ2n) is 3.58. The fourth-order valence-corrected chi connectivity index (χ4v) is 1.85. The molecule has 0 aromatic heterocycles. The summed E-state index contributed by atoms with van der Waals surface area (Å²) in [6, 6.07) is 9.68. The smallest absolute Gasteiger partial charge is 0.128 e. The van der Waals surface area contributed by atoms with E-state index in [1.807, 2.05) is 38.1 Å². The van der Waals surface area contributed by atoms with Crippen molar-refractivity contribution in [3.8, 4) is 11.8 Å². The Labute approximate surface area is 107 Å². The van der Waals surface area contributed by atoms with Crippen LogP contribution in [0.25, 0.3) is 5.03 Å². The van der Waals surface area contributed by atoms with Crippen LogP contribution >= 0.6 is 11.6 Å². The van der Waals surface area contributed by atoms with Gasteiger partial charge in [-0.15, -0.1) is 0 Å². The number of nitriles is 1. The predicted octanol–water partition coefficient (Wildman–Crippen LogP) is 4.36.